The van der Waals surface area contributed by atoms with Gasteiger partial charge in [-0.1, -0.05) is 0 Å². The van der Waals surface area contributed by atoms with Crippen molar-refractivity contribution in [3.05, 3.63) is 18.3 Å². The fourth-order valence-corrected chi connectivity index (χ4v) is 2.79. The lowest BCUT2D eigenvalue weighted by atomic mass is 10.4. The van der Waals surface area contributed by atoms with Crippen LogP contribution in [-0.2, 0) is 14.8 Å². The predicted molar refractivity (Wildman–Crippen MR) is 74.7 cm³/mol. The quantitative estimate of drug-likeness (QED) is 0.751. The monoisotopic (exact) mass is 287 g/mol. The Bertz CT molecular complexity index is 491. The fourth-order valence-electron chi connectivity index (χ4n) is 1.57. The molecule has 1 rings (SSSR count). The minimum Gasteiger partial charge on any atom is -0.383 e. The van der Waals surface area contributed by atoms with E-state index in [0.717, 1.165) is 0 Å². The van der Waals surface area contributed by atoms with Crippen molar-refractivity contribution in [1.29, 1.82) is 0 Å². The van der Waals surface area contributed by atoms with E-state index in [1.807, 2.05) is 20.8 Å². The molecule has 0 bridgehead atoms. The highest BCUT2D eigenvalue weighted by Gasteiger charge is 2.20. The number of ether oxygens (including phenoxy) is 1. The zero-order valence-corrected chi connectivity index (χ0v) is 12.3. The van der Waals surface area contributed by atoms with E-state index >= 15 is 0 Å². The lowest BCUT2D eigenvalue weighted by Crippen LogP contribution is -2.33. The van der Waals surface area contributed by atoms with Gasteiger partial charge in [0.1, 0.15) is 0 Å². The second-order valence-corrected chi connectivity index (χ2v) is 5.69. The summed E-state index contributed by atoms with van der Waals surface area (Å²) < 4.78 is 32.1. The van der Waals surface area contributed by atoms with Gasteiger partial charge in [-0.25, -0.2) is 18.1 Å². The number of pyridine rings is 1. The Kier molecular flexibility index (Phi) is 6.20. The molecule has 1 atom stereocenters. The second kappa shape index (κ2) is 7.42. The normalized spacial score (nSPS) is 13.2. The minimum atomic E-state index is -3.63. The van der Waals surface area contributed by atoms with Gasteiger partial charge in [0.25, 0.3) is 10.0 Å². The summed E-state index contributed by atoms with van der Waals surface area (Å²) in [6.07, 6.45) is 1.28. The van der Waals surface area contributed by atoms with E-state index in [1.54, 1.807) is 12.1 Å². The van der Waals surface area contributed by atoms with Crippen molar-refractivity contribution in [2.24, 2.45) is 0 Å². The van der Waals surface area contributed by atoms with E-state index in [-0.39, 0.29) is 17.7 Å². The lowest BCUT2D eigenvalue weighted by molar-refractivity contribution is 0.0799. The van der Waals surface area contributed by atoms with E-state index in [4.69, 9.17) is 4.74 Å². The first kappa shape index (κ1) is 15.9. The van der Waals surface area contributed by atoms with Gasteiger partial charge in [0.2, 0.25) is 0 Å². The number of nitrogens with zero attached hydrogens (tertiary/aromatic N) is 1. The number of hydrogen-bond acceptors (Lipinski definition) is 5. The standard InChI is InChI=1S/C12H21N3O3S/c1-4-13-11-7-6-8-14-12(11)19(16,17)15-9-10(3)18-5-2/h6-8,10,13,15H,4-5,9H2,1-3H3. The zero-order chi connectivity index (χ0) is 14.3. The molecule has 7 heteroatoms. The molecule has 0 amide bonds. The first-order chi connectivity index (χ1) is 9.01. The van der Waals surface area contributed by atoms with Crippen LogP contribution >= 0.6 is 0 Å². The minimum absolute atomic E-state index is 0.0144. The average molecular weight is 287 g/mol. The molecule has 0 radical (unpaired) electrons. The van der Waals surface area contributed by atoms with Crippen molar-refractivity contribution < 1.29 is 13.2 Å². The van der Waals surface area contributed by atoms with Gasteiger partial charge in [-0.3, -0.25) is 0 Å². The highest BCUT2D eigenvalue weighted by atomic mass is 32.2. The summed E-state index contributed by atoms with van der Waals surface area (Å²) in [5.74, 6) is 0. The smallest absolute Gasteiger partial charge is 0.260 e. The Labute approximate surface area is 114 Å². The maximum absolute atomic E-state index is 12.2. The molecule has 0 saturated carbocycles. The Balaban J connectivity index is 2.82. The summed E-state index contributed by atoms with van der Waals surface area (Å²) in [6.45, 7) is 6.98. The van der Waals surface area contributed by atoms with Gasteiger partial charge in [-0.2, -0.15) is 0 Å². The molecule has 0 aliphatic heterocycles. The van der Waals surface area contributed by atoms with Gasteiger partial charge in [0.05, 0.1) is 11.8 Å². The van der Waals surface area contributed by atoms with Gasteiger partial charge in [-0.05, 0) is 32.9 Å². The second-order valence-electron chi connectivity index (χ2n) is 4.00. The number of sulfonamides is 1. The maximum atomic E-state index is 12.2. The van der Waals surface area contributed by atoms with Crippen molar-refractivity contribution in [2.45, 2.75) is 31.9 Å². The SMILES string of the molecule is CCNc1cccnc1S(=O)(=O)NCC(C)OCC. The summed E-state index contributed by atoms with van der Waals surface area (Å²) in [4.78, 5) is 3.94. The Morgan fingerprint density at radius 2 is 2.16 bits per heavy atom. The van der Waals surface area contributed by atoms with Crippen LogP contribution in [0.15, 0.2) is 23.4 Å². The van der Waals surface area contributed by atoms with Crippen molar-refractivity contribution in [1.82, 2.24) is 9.71 Å². The van der Waals surface area contributed by atoms with Crippen LogP contribution in [0.5, 0.6) is 0 Å². The molecule has 19 heavy (non-hydrogen) atoms. The number of hydrogen-bond donors (Lipinski definition) is 2. The van der Waals surface area contributed by atoms with Gasteiger partial charge in [0.15, 0.2) is 5.03 Å². The first-order valence-corrected chi connectivity index (χ1v) is 7.79. The van der Waals surface area contributed by atoms with E-state index < -0.39 is 10.0 Å². The fraction of sp³-hybridized carbons (Fsp3) is 0.583. The van der Waals surface area contributed by atoms with Crippen LogP contribution in [0, 0.1) is 0 Å². The maximum Gasteiger partial charge on any atom is 0.260 e. The topological polar surface area (TPSA) is 80.3 Å². The highest BCUT2D eigenvalue weighted by molar-refractivity contribution is 7.89. The van der Waals surface area contributed by atoms with Crippen molar-refractivity contribution in [2.75, 3.05) is 25.0 Å². The van der Waals surface area contributed by atoms with Crippen LogP contribution in [0.25, 0.3) is 0 Å². The molecule has 0 saturated heterocycles. The van der Waals surface area contributed by atoms with Crippen LogP contribution in [0.2, 0.25) is 0 Å². The molecule has 1 unspecified atom stereocenters. The molecular formula is C12H21N3O3S. The Hall–Kier alpha value is -1.18. The molecule has 1 aromatic heterocycles. The third kappa shape index (κ3) is 4.77. The van der Waals surface area contributed by atoms with Gasteiger partial charge < -0.3 is 10.1 Å². The predicted octanol–water partition coefficient (Wildman–Crippen LogP) is 1.22. The summed E-state index contributed by atoms with van der Waals surface area (Å²) in [5.41, 5.74) is 0.501. The van der Waals surface area contributed by atoms with E-state index in [9.17, 15) is 8.42 Å². The molecule has 0 spiro atoms. The van der Waals surface area contributed by atoms with Crippen LogP contribution in [0.1, 0.15) is 20.8 Å². The summed E-state index contributed by atoms with van der Waals surface area (Å²) in [7, 11) is -3.63. The highest BCUT2D eigenvalue weighted by Crippen LogP contribution is 2.17. The zero-order valence-electron chi connectivity index (χ0n) is 11.5. The van der Waals surface area contributed by atoms with Crippen LogP contribution < -0.4 is 10.0 Å². The van der Waals surface area contributed by atoms with Crippen LogP contribution in [0.4, 0.5) is 5.69 Å². The Morgan fingerprint density at radius 1 is 1.42 bits per heavy atom. The summed E-state index contributed by atoms with van der Waals surface area (Å²) >= 11 is 0. The Morgan fingerprint density at radius 3 is 2.79 bits per heavy atom. The average Bonchev–Trinajstić information content (AvgIpc) is 2.38. The van der Waals surface area contributed by atoms with Crippen LogP contribution in [-0.4, -0.2) is 39.2 Å². The van der Waals surface area contributed by atoms with Crippen molar-refractivity contribution in [3.8, 4) is 0 Å². The number of rotatable bonds is 8. The lowest BCUT2D eigenvalue weighted by Gasteiger charge is -2.14. The molecule has 1 heterocycles. The molecule has 0 aliphatic rings. The molecular weight excluding hydrogens is 266 g/mol. The van der Waals surface area contributed by atoms with Gasteiger partial charge >= 0.3 is 0 Å². The largest absolute Gasteiger partial charge is 0.383 e. The molecule has 1 aromatic rings. The molecule has 0 fully saturated rings. The molecule has 0 aromatic carbocycles. The summed E-state index contributed by atoms with van der Waals surface area (Å²) in [5, 5.41) is 3.00. The number of nitrogens with one attached hydrogen (secondary N) is 2. The van der Waals surface area contributed by atoms with Crippen molar-refractivity contribution in [3.63, 3.8) is 0 Å². The molecule has 108 valence electrons. The number of anilines is 1. The van der Waals surface area contributed by atoms with E-state index in [1.165, 1.54) is 6.20 Å². The third-order valence-electron chi connectivity index (χ3n) is 2.40. The molecule has 2 N–H and O–H groups in total. The summed E-state index contributed by atoms with van der Waals surface area (Å²) in [6, 6.07) is 3.39. The van der Waals surface area contributed by atoms with Crippen molar-refractivity contribution >= 4 is 15.7 Å². The van der Waals surface area contributed by atoms with E-state index in [0.29, 0.717) is 18.8 Å². The molecule has 0 aliphatic carbocycles. The van der Waals surface area contributed by atoms with Gasteiger partial charge in [0, 0.05) is 25.9 Å². The third-order valence-corrected chi connectivity index (χ3v) is 3.79. The van der Waals surface area contributed by atoms with E-state index in [2.05, 4.69) is 15.0 Å². The first-order valence-electron chi connectivity index (χ1n) is 6.31. The number of aromatic nitrogens is 1. The van der Waals surface area contributed by atoms with Gasteiger partial charge in [-0.15, -0.1) is 0 Å². The van der Waals surface area contributed by atoms with Crippen LogP contribution in [0.3, 0.4) is 0 Å². The molecule has 6 nitrogen and oxygen atoms in total.